The molecule has 0 N–H and O–H groups in total. The Balaban J connectivity index is 2.83. The van der Waals surface area contributed by atoms with Gasteiger partial charge in [0.05, 0.1) is 0 Å². The van der Waals surface area contributed by atoms with Crippen LogP contribution in [-0.4, -0.2) is 31.4 Å². The molecule has 0 unspecified atom stereocenters. The molecule has 0 saturated heterocycles. The summed E-state index contributed by atoms with van der Waals surface area (Å²) in [5.41, 5.74) is -0.668. The van der Waals surface area contributed by atoms with E-state index in [0.29, 0.717) is 6.08 Å². The van der Waals surface area contributed by atoms with Crippen LogP contribution in [0, 0.1) is 0 Å². The van der Waals surface area contributed by atoms with Gasteiger partial charge in [0.15, 0.2) is 0 Å². The lowest BCUT2D eigenvalue weighted by molar-refractivity contribution is -0.125. The Labute approximate surface area is 68.1 Å². The molecule has 68 valence electrons. The molecule has 0 aromatic heterocycles. The molecule has 2 nitrogen and oxygen atoms in total. The number of carbonyl (C=O) groups excluding carboxylic acids is 1. The highest BCUT2D eigenvalue weighted by molar-refractivity contribution is 6.67. The summed E-state index contributed by atoms with van der Waals surface area (Å²) in [4.78, 5) is 12.1. The standard InChI is InChI=1S/C6H8BF3NO/c1-11-3-2-5(4-6(11)12)7(8,9)10/h4H,2-3H2,1H3/q-1. The van der Waals surface area contributed by atoms with Crippen molar-refractivity contribution in [1.82, 2.24) is 4.90 Å². The summed E-state index contributed by atoms with van der Waals surface area (Å²) in [6, 6.07) is 0. The van der Waals surface area contributed by atoms with Gasteiger partial charge in [0.1, 0.15) is 0 Å². The first-order chi connectivity index (χ1) is 5.41. The van der Waals surface area contributed by atoms with E-state index >= 15 is 0 Å². The topological polar surface area (TPSA) is 20.3 Å². The van der Waals surface area contributed by atoms with Gasteiger partial charge in [0, 0.05) is 13.6 Å². The Morgan fingerprint density at radius 2 is 2.08 bits per heavy atom. The zero-order valence-corrected chi connectivity index (χ0v) is 6.56. The van der Waals surface area contributed by atoms with Gasteiger partial charge >= 0.3 is 6.98 Å². The summed E-state index contributed by atoms with van der Waals surface area (Å²) < 4.78 is 36.2. The first-order valence-electron chi connectivity index (χ1n) is 3.57. The molecule has 6 heteroatoms. The van der Waals surface area contributed by atoms with Crippen LogP contribution in [0.25, 0.3) is 0 Å². The molecule has 1 aliphatic rings. The highest BCUT2D eigenvalue weighted by Crippen LogP contribution is 2.25. The number of halogens is 3. The molecular weight excluding hydrogens is 170 g/mol. The smallest absolute Gasteiger partial charge is 0.445 e. The van der Waals surface area contributed by atoms with E-state index < -0.39 is 18.4 Å². The number of hydrogen-bond donors (Lipinski definition) is 0. The third kappa shape index (κ3) is 1.81. The maximum absolute atomic E-state index is 12.1. The predicted molar refractivity (Wildman–Crippen MR) is 39.4 cm³/mol. The summed E-state index contributed by atoms with van der Waals surface area (Å²) in [5.74, 6) is -0.560. The number of rotatable bonds is 1. The number of amides is 1. The van der Waals surface area contributed by atoms with Gasteiger partial charge in [0.25, 0.3) is 0 Å². The molecule has 1 heterocycles. The van der Waals surface area contributed by atoms with Crippen molar-refractivity contribution in [1.29, 1.82) is 0 Å². The fraction of sp³-hybridized carbons (Fsp3) is 0.500. The van der Waals surface area contributed by atoms with Crippen molar-refractivity contribution in [2.45, 2.75) is 6.42 Å². The number of carbonyl (C=O) groups is 1. The van der Waals surface area contributed by atoms with Crippen LogP contribution in [-0.2, 0) is 4.79 Å². The van der Waals surface area contributed by atoms with E-state index in [1.54, 1.807) is 0 Å². The first kappa shape index (κ1) is 9.16. The molecule has 0 aromatic rings. The first-order valence-corrected chi connectivity index (χ1v) is 3.57. The molecule has 0 fully saturated rings. The minimum absolute atomic E-state index is 0.0776. The van der Waals surface area contributed by atoms with E-state index in [4.69, 9.17) is 0 Å². The zero-order chi connectivity index (χ0) is 9.35. The van der Waals surface area contributed by atoms with Crippen molar-refractivity contribution in [3.8, 4) is 0 Å². The molecular formula is C6H8BF3NO-. The third-order valence-corrected chi connectivity index (χ3v) is 1.84. The van der Waals surface area contributed by atoms with Gasteiger partial charge in [-0.25, -0.2) is 0 Å². The van der Waals surface area contributed by atoms with E-state index in [2.05, 4.69) is 0 Å². The average molecular weight is 178 g/mol. The van der Waals surface area contributed by atoms with Crippen molar-refractivity contribution in [2.75, 3.05) is 13.6 Å². The lowest BCUT2D eigenvalue weighted by atomic mass is 9.75. The zero-order valence-electron chi connectivity index (χ0n) is 6.56. The van der Waals surface area contributed by atoms with Crippen molar-refractivity contribution in [3.05, 3.63) is 11.5 Å². The molecule has 0 bridgehead atoms. The molecule has 0 radical (unpaired) electrons. The van der Waals surface area contributed by atoms with Gasteiger partial charge in [-0.1, -0.05) is 0 Å². The Bertz CT molecular complexity index is 235. The van der Waals surface area contributed by atoms with Crippen LogP contribution in [0.2, 0.25) is 0 Å². The minimum Gasteiger partial charge on any atom is -0.445 e. The van der Waals surface area contributed by atoms with E-state index in [9.17, 15) is 17.7 Å². The van der Waals surface area contributed by atoms with Gasteiger partial charge in [-0.2, -0.15) is 0 Å². The number of hydrogen-bond acceptors (Lipinski definition) is 1. The van der Waals surface area contributed by atoms with Gasteiger partial charge in [-0.3, -0.25) is 4.79 Å². The summed E-state index contributed by atoms with van der Waals surface area (Å²) in [6.07, 6.45) is 0.606. The Morgan fingerprint density at radius 3 is 2.50 bits per heavy atom. The highest BCUT2D eigenvalue weighted by atomic mass is 19.4. The van der Waals surface area contributed by atoms with Crippen LogP contribution in [0.3, 0.4) is 0 Å². The molecule has 0 aliphatic carbocycles. The summed E-state index contributed by atoms with van der Waals surface area (Å²) >= 11 is 0. The van der Waals surface area contributed by atoms with Gasteiger partial charge in [-0.15, -0.1) is 5.47 Å². The molecule has 12 heavy (non-hydrogen) atoms. The Kier molecular flexibility index (Phi) is 2.17. The normalized spacial score (nSPS) is 19.5. The van der Waals surface area contributed by atoms with E-state index in [1.807, 2.05) is 0 Å². The molecule has 0 atom stereocenters. The second-order valence-corrected chi connectivity index (χ2v) is 2.80. The highest BCUT2D eigenvalue weighted by Gasteiger charge is 2.31. The third-order valence-electron chi connectivity index (χ3n) is 1.84. The van der Waals surface area contributed by atoms with Crippen LogP contribution >= 0.6 is 0 Å². The molecule has 1 aliphatic heterocycles. The van der Waals surface area contributed by atoms with E-state index in [-0.39, 0.29) is 13.0 Å². The van der Waals surface area contributed by atoms with Crippen LogP contribution in [0.4, 0.5) is 12.9 Å². The monoisotopic (exact) mass is 178 g/mol. The van der Waals surface area contributed by atoms with Crippen LogP contribution in [0.1, 0.15) is 6.42 Å². The largest absolute Gasteiger partial charge is 0.505 e. The SMILES string of the molecule is CN1CCC([B-](F)(F)F)=CC1=O. The minimum atomic E-state index is -4.96. The Hall–Kier alpha value is -0.935. The summed E-state index contributed by atoms with van der Waals surface area (Å²) in [7, 11) is 1.49. The van der Waals surface area contributed by atoms with Crippen LogP contribution in [0.15, 0.2) is 11.5 Å². The molecule has 0 spiro atoms. The molecule has 1 rings (SSSR count). The lowest BCUT2D eigenvalue weighted by Crippen LogP contribution is -2.35. The second-order valence-electron chi connectivity index (χ2n) is 2.80. The van der Waals surface area contributed by atoms with Crippen LogP contribution < -0.4 is 0 Å². The van der Waals surface area contributed by atoms with Gasteiger partial charge < -0.3 is 17.8 Å². The lowest BCUT2D eigenvalue weighted by Gasteiger charge is -2.27. The van der Waals surface area contributed by atoms with Gasteiger partial charge in [-0.05, 0) is 12.5 Å². The van der Waals surface area contributed by atoms with Crippen molar-refractivity contribution in [3.63, 3.8) is 0 Å². The average Bonchev–Trinajstić information content (AvgIpc) is 1.92. The molecule has 0 aromatic carbocycles. The number of nitrogens with zero attached hydrogens (tertiary/aromatic N) is 1. The molecule has 1 amide bonds. The molecule has 0 saturated carbocycles. The predicted octanol–water partition coefficient (Wildman–Crippen LogP) is 1.16. The fourth-order valence-corrected chi connectivity index (χ4v) is 1.01. The maximum Gasteiger partial charge on any atom is 0.505 e. The summed E-state index contributed by atoms with van der Waals surface area (Å²) in [5, 5.41) is 0. The van der Waals surface area contributed by atoms with E-state index in [0.717, 1.165) is 0 Å². The second kappa shape index (κ2) is 2.84. The van der Waals surface area contributed by atoms with Gasteiger partial charge in [0.2, 0.25) is 5.91 Å². The van der Waals surface area contributed by atoms with Crippen molar-refractivity contribution >= 4 is 12.9 Å². The quantitative estimate of drug-likeness (QED) is 0.551. The van der Waals surface area contributed by atoms with Crippen molar-refractivity contribution in [2.24, 2.45) is 0 Å². The summed E-state index contributed by atoms with van der Waals surface area (Å²) in [6.45, 7) is -4.81. The fourth-order valence-electron chi connectivity index (χ4n) is 1.01. The Morgan fingerprint density at radius 1 is 1.50 bits per heavy atom. The number of likely N-dealkylation sites (N-methyl/N-ethyl adjacent to an activating group) is 1. The maximum atomic E-state index is 12.1. The van der Waals surface area contributed by atoms with Crippen molar-refractivity contribution < 1.29 is 17.7 Å². The van der Waals surface area contributed by atoms with E-state index in [1.165, 1.54) is 11.9 Å². The van der Waals surface area contributed by atoms with Crippen LogP contribution in [0.5, 0.6) is 0 Å².